The fourth-order valence-electron chi connectivity index (χ4n) is 3.28. The Morgan fingerprint density at radius 1 is 1.50 bits per heavy atom. The van der Waals surface area contributed by atoms with Gasteiger partial charge in [-0.15, -0.1) is 0 Å². The average molecular weight is 314 g/mol. The molecular weight excluding hydrogens is 290 g/mol. The SMILES string of the molecule is CC(C)n1ncc(Br)c1C(N)C1CCCC1(C)C. The van der Waals surface area contributed by atoms with E-state index >= 15 is 0 Å². The van der Waals surface area contributed by atoms with E-state index in [0.29, 0.717) is 17.4 Å². The van der Waals surface area contributed by atoms with Crippen molar-refractivity contribution in [1.29, 1.82) is 0 Å². The Labute approximate surface area is 118 Å². The molecule has 1 saturated carbocycles. The van der Waals surface area contributed by atoms with Gasteiger partial charge < -0.3 is 5.73 Å². The molecule has 3 nitrogen and oxygen atoms in total. The van der Waals surface area contributed by atoms with Crippen molar-refractivity contribution >= 4 is 15.9 Å². The van der Waals surface area contributed by atoms with Gasteiger partial charge in [0.25, 0.3) is 0 Å². The molecule has 2 atom stereocenters. The van der Waals surface area contributed by atoms with E-state index in [1.165, 1.54) is 19.3 Å². The van der Waals surface area contributed by atoms with Crippen LogP contribution in [0.25, 0.3) is 0 Å². The summed E-state index contributed by atoms with van der Waals surface area (Å²) in [6.45, 7) is 8.98. The van der Waals surface area contributed by atoms with E-state index in [9.17, 15) is 0 Å². The van der Waals surface area contributed by atoms with Crippen LogP contribution in [-0.2, 0) is 0 Å². The first kappa shape index (κ1) is 14.1. The van der Waals surface area contributed by atoms with Gasteiger partial charge in [0, 0.05) is 6.04 Å². The highest BCUT2D eigenvalue weighted by molar-refractivity contribution is 9.10. The summed E-state index contributed by atoms with van der Waals surface area (Å²) < 4.78 is 3.11. The van der Waals surface area contributed by atoms with Gasteiger partial charge in [-0.3, -0.25) is 4.68 Å². The van der Waals surface area contributed by atoms with Crippen molar-refractivity contribution in [3.8, 4) is 0 Å². The van der Waals surface area contributed by atoms with Crippen LogP contribution in [0.5, 0.6) is 0 Å². The highest BCUT2D eigenvalue weighted by Crippen LogP contribution is 2.48. The van der Waals surface area contributed by atoms with E-state index in [0.717, 1.165) is 10.2 Å². The molecule has 0 radical (unpaired) electrons. The van der Waals surface area contributed by atoms with Gasteiger partial charge in [-0.05, 0) is 54.0 Å². The Hall–Kier alpha value is -0.350. The molecule has 1 aromatic heterocycles. The molecule has 102 valence electrons. The van der Waals surface area contributed by atoms with Crippen LogP contribution < -0.4 is 5.73 Å². The van der Waals surface area contributed by atoms with Gasteiger partial charge in [-0.1, -0.05) is 20.3 Å². The maximum atomic E-state index is 6.57. The lowest BCUT2D eigenvalue weighted by molar-refractivity contribution is 0.214. The quantitative estimate of drug-likeness (QED) is 0.914. The van der Waals surface area contributed by atoms with Gasteiger partial charge in [0.05, 0.1) is 22.4 Å². The molecule has 1 aliphatic carbocycles. The molecule has 1 heterocycles. The third kappa shape index (κ3) is 2.37. The van der Waals surface area contributed by atoms with Crippen molar-refractivity contribution in [2.24, 2.45) is 17.1 Å². The molecule has 0 amide bonds. The minimum absolute atomic E-state index is 0.0711. The molecule has 0 aliphatic heterocycles. The third-order valence-electron chi connectivity index (χ3n) is 4.37. The smallest absolute Gasteiger partial charge is 0.0699 e. The first-order valence-corrected chi connectivity index (χ1v) is 7.62. The van der Waals surface area contributed by atoms with Crippen molar-refractivity contribution in [3.05, 3.63) is 16.4 Å². The van der Waals surface area contributed by atoms with Crippen LogP contribution in [0.4, 0.5) is 0 Å². The van der Waals surface area contributed by atoms with Gasteiger partial charge in [0.15, 0.2) is 0 Å². The summed E-state index contributed by atoms with van der Waals surface area (Å²) in [5, 5.41) is 4.45. The first-order valence-electron chi connectivity index (χ1n) is 6.83. The number of hydrogen-bond acceptors (Lipinski definition) is 2. The van der Waals surface area contributed by atoms with Gasteiger partial charge in [0.2, 0.25) is 0 Å². The van der Waals surface area contributed by atoms with E-state index < -0.39 is 0 Å². The second kappa shape index (κ2) is 4.97. The zero-order chi connectivity index (χ0) is 13.5. The number of rotatable bonds is 3. The van der Waals surface area contributed by atoms with E-state index in [4.69, 9.17) is 5.73 Å². The zero-order valence-electron chi connectivity index (χ0n) is 11.8. The van der Waals surface area contributed by atoms with Gasteiger partial charge in [0.1, 0.15) is 0 Å². The van der Waals surface area contributed by atoms with Gasteiger partial charge >= 0.3 is 0 Å². The van der Waals surface area contributed by atoms with Crippen molar-refractivity contribution < 1.29 is 0 Å². The van der Waals surface area contributed by atoms with Crippen molar-refractivity contribution in [2.75, 3.05) is 0 Å². The summed E-state index contributed by atoms with van der Waals surface area (Å²) in [5.74, 6) is 0.544. The summed E-state index contributed by atoms with van der Waals surface area (Å²) in [5.41, 5.74) is 8.06. The minimum atomic E-state index is 0.0711. The molecule has 2 rings (SSSR count). The highest BCUT2D eigenvalue weighted by atomic mass is 79.9. The molecule has 1 aliphatic rings. The Morgan fingerprint density at radius 2 is 2.17 bits per heavy atom. The van der Waals surface area contributed by atoms with Crippen molar-refractivity contribution in [1.82, 2.24) is 9.78 Å². The standard InChI is InChI=1S/C14H24BrN3/c1-9(2)18-13(11(15)8-17-18)12(16)10-6-5-7-14(10,3)4/h8-10,12H,5-7,16H2,1-4H3. The Balaban J connectivity index is 2.34. The molecule has 1 aromatic rings. The molecule has 4 heteroatoms. The molecule has 2 N–H and O–H groups in total. The summed E-state index contributed by atoms with van der Waals surface area (Å²) in [7, 11) is 0. The monoisotopic (exact) mass is 313 g/mol. The highest BCUT2D eigenvalue weighted by Gasteiger charge is 2.40. The van der Waals surface area contributed by atoms with Crippen LogP contribution in [0.3, 0.4) is 0 Å². The van der Waals surface area contributed by atoms with Crippen molar-refractivity contribution in [2.45, 2.75) is 59.0 Å². The lowest BCUT2D eigenvalue weighted by atomic mass is 9.77. The number of nitrogens with two attached hydrogens (primary N) is 1. The predicted molar refractivity (Wildman–Crippen MR) is 78.4 cm³/mol. The molecule has 18 heavy (non-hydrogen) atoms. The summed E-state index contributed by atoms with van der Waals surface area (Å²) >= 11 is 3.61. The Bertz CT molecular complexity index is 423. The molecule has 0 aromatic carbocycles. The average Bonchev–Trinajstić information content (AvgIpc) is 2.80. The fourth-order valence-corrected chi connectivity index (χ4v) is 3.82. The lowest BCUT2D eigenvalue weighted by Crippen LogP contribution is -2.32. The maximum absolute atomic E-state index is 6.57. The second-order valence-electron chi connectivity index (χ2n) is 6.43. The summed E-state index contributed by atoms with van der Waals surface area (Å²) in [4.78, 5) is 0. The molecule has 0 saturated heterocycles. The Morgan fingerprint density at radius 3 is 2.67 bits per heavy atom. The van der Waals surface area contributed by atoms with Crippen molar-refractivity contribution in [3.63, 3.8) is 0 Å². The number of halogens is 1. The minimum Gasteiger partial charge on any atom is -0.322 e. The number of aromatic nitrogens is 2. The van der Waals surface area contributed by atoms with E-state index in [2.05, 4.69) is 53.4 Å². The van der Waals surface area contributed by atoms with E-state index in [1.54, 1.807) is 0 Å². The van der Waals surface area contributed by atoms with Crippen LogP contribution in [0, 0.1) is 11.3 Å². The van der Waals surface area contributed by atoms with Crippen LogP contribution in [0.2, 0.25) is 0 Å². The zero-order valence-corrected chi connectivity index (χ0v) is 13.4. The molecule has 0 spiro atoms. The number of nitrogens with zero attached hydrogens (tertiary/aromatic N) is 2. The van der Waals surface area contributed by atoms with Crippen LogP contribution in [-0.4, -0.2) is 9.78 Å². The first-order chi connectivity index (χ1) is 8.34. The molecule has 2 unspecified atom stereocenters. The largest absolute Gasteiger partial charge is 0.322 e. The van der Waals surface area contributed by atoms with Crippen LogP contribution in [0.15, 0.2) is 10.7 Å². The molecular formula is C14H24BrN3. The topological polar surface area (TPSA) is 43.8 Å². The fraction of sp³-hybridized carbons (Fsp3) is 0.786. The van der Waals surface area contributed by atoms with E-state index in [1.807, 2.05) is 6.20 Å². The summed E-state index contributed by atoms with van der Waals surface area (Å²) in [6.07, 6.45) is 5.67. The van der Waals surface area contributed by atoms with Gasteiger partial charge in [-0.25, -0.2) is 0 Å². The van der Waals surface area contributed by atoms with Crippen LogP contribution in [0.1, 0.15) is 64.7 Å². The maximum Gasteiger partial charge on any atom is 0.0699 e. The lowest BCUT2D eigenvalue weighted by Gasteiger charge is -2.33. The van der Waals surface area contributed by atoms with Crippen LogP contribution >= 0.6 is 15.9 Å². The normalized spacial score (nSPS) is 24.7. The summed E-state index contributed by atoms with van der Waals surface area (Å²) in [6, 6.07) is 0.420. The van der Waals surface area contributed by atoms with Gasteiger partial charge in [-0.2, -0.15) is 5.10 Å². The number of hydrogen-bond donors (Lipinski definition) is 1. The molecule has 1 fully saturated rings. The molecule has 0 bridgehead atoms. The van der Waals surface area contributed by atoms with E-state index in [-0.39, 0.29) is 6.04 Å². The Kier molecular flexibility index (Phi) is 3.88. The second-order valence-corrected chi connectivity index (χ2v) is 7.28. The third-order valence-corrected chi connectivity index (χ3v) is 4.98. The predicted octanol–water partition coefficient (Wildman–Crippen LogP) is 4.05.